The van der Waals surface area contributed by atoms with E-state index in [4.69, 9.17) is 5.73 Å². The van der Waals surface area contributed by atoms with E-state index >= 15 is 0 Å². The molecule has 1 aliphatic heterocycles. The van der Waals surface area contributed by atoms with Crippen LogP contribution in [0, 0.1) is 21.8 Å². The second-order valence-corrected chi connectivity index (χ2v) is 4.55. The van der Waals surface area contributed by atoms with Gasteiger partial charge in [0.05, 0.1) is 10.8 Å². The highest BCUT2D eigenvalue weighted by Gasteiger charge is 2.29. The van der Waals surface area contributed by atoms with Crippen molar-refractivity contribution in [2.24, 2.45) is 11.7 Å². The molecule has 0 aliphatic carbocycles. The number of nitro groups is 1. The molecule has 0 aromatic heterocycles. The molecule has 1 atom stereocenters. The maximum Gasteiger partial charge on any atom is 0.327 e. The van der Waals surface area contributed by atoms with E-state index in [9.17, 15) is 19.3 Å². The number of nitrogens with two attached hydrogens (primary N) is 1. The number of anilines is 1. The molecule has 0 spiro atoms. The smallest absolute Gasteiger partial charge is 0.327 e. The molecule has 0 radical (unpaired) electrons. The van der Waals surface area contributed by atoms with E-state index in [1.165, 1.54) is 12.1 Å². The van der Waals surface area contributed by atoms with Crippen LogP contribution in [0.4, 0.5) is 15.8 Å². The zero-order chi connectivity index (χ0) is 14.0. The number of nitrogens with zero attached hydrogens (tertiary/aromatic N) is 2. The maximum absolute atomic E-state index is 13.6. The molecule has 1 aromatic rings. The summed E-state index contributed by atoms with van der Waals surface area (Å²) in [5.41, 5.74) is 4.92. The van der Waals surface area contributed by atoms with E-state index in [1.54, 1.807) is 4.90 Å². The number of hydrogen-bond donors (Lipinski definition) is 1. The molecule has 2 N–H and O–H groups in total. The summed E-state index contributed by atoms with van der Waals surface area (Å²) in [5.74, 6) is -1.65. The number of para-hydroxylation sites is 1. The minimum Gasteiger partial charge on any atom is -0.369 e. The van der Waals surface area contributed by atoms with Gasteiger partial charge in [-0.05, 0) is 25.0 Å². The number of carbonyl (C=O) groups is 1. The first-order valence-electron chi connectivity index (χ1n) is 5.98. The zero-order valence-electron chi connectivity index (χ0n) is 10.2. The molecule has 0 saturated carbocycles. The SMILES string of the molecule is NC(=O)C1CCCN(c2cccc(F)c2[N+](=O)[O-])C1. The van der Waals surface area contributed by atoms with E-state index in [2.05, 4.69) is 0 Å². The van der Waals surface area contributed by atoms with Crippen molar-refractivity contribution in [1.29, 1.82) is 0 Å². The Morgan fingerprint density at radius 2 is 2.26 bits per heavy atom. The highest BCUT2D eigenvalue weighted by molar-refractivity contribution is 5.78. The topological polar surface area (TPSA) is 89.5 Å². The average molecular weight is 267 g/mol. The summed E-state index contributed by atoms with van der Waals surface area (Å²) >= 11 is 0. The molecule has 1 saturated heterocycles. The first-order chi connectivity index (χ1) is 9.00. The van der Waals surface area contributed by atoms with Crippen LogP contribution in [0.3, 0.4) is 0 Å². The van der Waals surface area contributed by atoms with Crippen LogP contribution < -0.4 is 10.6 Å². The van der Waals surface area contributed by atoms with Crippen LogP contribution in [-0.4, -0.2) is 23.9 Å². The Morgan fingerprint density at radius 3 is 2.89 bits per heavy atom. The van der Waals surface area contributed by atoms with E-state index in [0.717, 1.165) is 6.07 Å². The standard InChI is InChI=1S/C12H14FN3O3/c13-9-4-1-5-10(11(9)16(18)19)15-6-2-3-8(7-15)12(14)17/h1,4-5,8H,2-3,6-7H2,(H2,14,17). The molecule has 7 heteroatoms. The van der Waals surface area contributed by atoms with Gasteiger partial charge in [-0.3, -0.25) is 14.9 Å². The summed E-state index contributed by atoms with van der Waals surface area (Å²) in [6.45, 7) is 0.841. The Labute approximate surface area is 109 Å². The van der Waals surface area contributed by atoms with Crippen molar-refractivity contribution in [2.75, 3.05) is 18.0 Å². The lowest BCUT2D eigenvalue weighted by atomic mass is 9.97. The molecule has 1 aliphatic rings. The molecular weight excluding hydrogens is 253 g/mol. The number of hydrogen-bond acceptors (Lipinski definition) is 4. The minimum atomic E-state index is -0.872. The lowest BCUT2D eigenvalue weighted by Crippen LogP contribution is -2.41. The Balaban J connectivity index is 2.34. The van der Waals surface area contributed by atoms with Crippen molar-refractivity contribution in [3.05, 3.63) is 34.1 Å². The number of primary amides is 1. The minimum absolute atomic E-state index is 0.205. The summed E-state index contributed by atoms with van der Waals surface area (Å²) in [4.78, 5) is 23.1. The van der Waals surface area contributed by atoms with E-state index in [1.807, 2.05) is 0 Å². The molecule has 19 heavy (non-hydrogen) atoms. The van der Waals surface area contributed by atoms with Crippen molar-refractivity contribution in [3.63, 3.8) is 0 Å². The Hall–Kier alpha value is -2.18. The van der Waals surface area contributed by atoms with Gasteiger partial charge in [0, 0.05) is 13.1 Å². The average Bonchev–Trinajstić information content (AvgIpc) is 2.38. The van der Waals surface area contributed by atoms with Gasteiger partial charge in [-0.15, -0.1) is 0 Å². The highest BCUT2D eigenvalue weighted by Crippen LogP contribution is 2.33. The summed E-state index contributed by atoms with van der Waals surface area (Å²) in [6.07, 6.45) is 1.36. The van der Waals surface area contributed by atoms with Crippen LogP contribution >= 0.6 is 0 Å². The summed E-state index contributed by atoms with van der Waals surface area (Å²) < 4.78 is 13.6. The number of halogens is 1. The van der Waals surface area contributed by atoms with Gasteiger partial charge >= 0.3 is 5.69 Å². The first kappa shape index (κ1) is 13.3. The molecule has 1 unspecified atom stereocenters. The van der Waals surface area contributed by atoms with Gasteiger partial charge in [0.1, 0.15) is 5.69 Å². The molecule has 1 aromatic carbocycles. The Kier molecular flexibility index (Phi) is 3.64. The number of benzene rings is 1. The fourth-order valence-electron chi connectivity index (χ4n) is 2.37. The van der Waals surface area contributed by atoms with Crippen LogP contribution in [0.15, 0.2) is 18.2 Å². The van der Waals surface area contributed by atoms with Gasteiger partial charge in [0.2, 0.25) is 11.7 Å². The molecule has 1 amide bonds. The van der Waals surface area contributed by atoms with Gasteiger partial charge in [0.25, 0.3) is 0 Å². The second-order valence-electron chi connectivity index (χ2n) is 4.55. The van der Waals surface area contributed by atoms with Gasteiger partial charge in [-0.25, -0.2) is 0 Å². The van der Waals surface area contributed by atoms with Crippen molar-refractivity contribution in [1.82, 2.24) is 0 Å². The van der Waals surface area contributed by atoms with Crippen molar-refractivity contribution in [2.45, 2.75) is 12.8 Å². The van der Waals surface area contributed by atoms with E-state index < -0.39 is 22.3 Å². The quantitative estimate of drug-likeness (QED) is 0.662. The molecule has 0 bridgehead atoms. The van der Waals surface area contributed by atoms with Crippen molar-refractivity contribution >= 4 is 17.3 Å². The Morgan fingerprint density at radius 1 is 1.53 bits per heavy atom. The monoisotopic (exact) mass is 267 g/mol. The van der Waals surface area contributed by atoms with Crippen LogP contribution in [0.25, 0.3) is 0 Å². The van der Waals surface area contributed by atoms with Crippen LogP contribution in [0.2, 0.25) is 0 Å². The lowest BCUT2D eigenvalue weighted by Gasteiger charge is -2.32. The molecule has 1 fully saturated rings. The zero-order valence-corrected chi connectivity index (χ0v) is 10.2. The van der Waals surface area contributed by atoms with Crippen LogP contribution in [0.1, 0.15) is 12.8 Å². The fourth-order valence-corrected chi connectivity index (χ4v) is 2.37. The number of amides is 1. The molecular formula is C12H14FN3O3. The third-order valence-corrected chi connectivity index (χ3v) is 3.31. The highest BCUT2D eigenvalue weighted by atomic mass is 19.1. The molecule has 102 valence electrons. The maximum atomic E-state index is 13.6. The first-order valence-corrected chi connectivity index (χ1v) is 5.98. The van der Waals surface area contributed by atoms with Crippen LogP contribution in [-0.2, 0) is 4.79 Å². The number of nitro benzene ring substituents is 1. The van der Waals surface area contributed by atoms with Gasteiger partial charge in [-0.1, -0.05) is 6.07 Å². The normalized spacial score (nSPS) is 19.2. The van der Waals surface area contributed by atoms with Crippen molar-refractivity contribution < 1.29 is 14.1 Å². The lowest BCUT2D eigenvalue weighted by molar-refractivity contribution is -0.386. The predicted molar refractivity (Wildman–Crippen MR) is 67.2 cm³/mol. The van der Waals surface area contributed by atoms with E-state index in [-0.39, 0.29) is 11.6 Å². The summed E-state index contributed by atoms with van der Waals surface area (Å²) in [7, 11) is 0. The van der Waals surface area contributed by atoms with Crippen LogP contribution in [0.5, 0.6) is 0 Å². The van der Waals surface area contributed by atoms with Crippen molar-refractivity contribution in [3.8, 4) is 0 Å². The van der Waals surface area contributed by atoms with Gasteiger partial charge in [-0.2, -0.15) is 4.39 Å². The van der Waals surface area contributed by atoms with E-state index in [0.29, 0.717) is 25.9 Å². The Bertz CT molecular complexity index is 521. The molecule has 2 rings (SSSR count). The van der Waals surface area contributed by atoms with Gasteiger partial charge < -0.3 is 10.6 Å². The molecule has 6 nitrogen and oxygen atoms in total. The number of piperidine rings is 1. The third-order valence-electron chi connectivity index (χ3n) is 3.31. The summed E-state index contributed by atoms with van der Waals surface area (Å²) in [6, 6.07) is 3.97. The number of rotatable bonds is 3. The fraction of sp³-hybridized carbons (Fsp3) is 0.417. The summed E-state index contributed by atoms with van der Waals surface area (Å²) in [5, 5.41) is 10.9. The second kappa shape index (κ2) is 5.21. The molecule has 1 heterocycles. The third kappa shape index (κ3) is 2.64. The predicted octanol–water partition coefficient (Wildman–Crippen LogP) is 1.44. The number of carbonyl (C=O) groups excluding carboxylic acids is 1. The largest absolute Gasteiger partial charge is 0.369 e. The van der Waals surface area contributed by atoms with Gasteiger partial charge in [0.15, 0.2) is 0 Å².